The molecule has 4 nitrogen and oxygen atoms in total. The highest BCUT2D eigenvalue weighted by Crippen LogP contribution is 2.33. The number of aliphatic hydroxyl groups is 1. The second kappa shape index (κ2) is 7.55. The number of para-hydroxylation sites is 1. The predicted molar refractivity (Wildman–Crippen MR) is 87.6 cm³/mol. The Labute approximate surface area is 127 Å². The molecule has 0 heterocycles. The SMILES string of the molecule is CC(C)Oc1cccc(NCC2CCCCC2CO)c1N. The minimum atomic E-state index is 0.111. The van der Waals surface area contributed by atoms with Gasteiger partial charge < -0.3 is 20.9 Å². The average Bonchev–Trinajstić information content (AvgIpc) is 2.48. The summed E-state index contributed by atoms with van der Waals surface area (Å²) >= 11 is 0. The second-order valence-electron chi connectivity index (χ2n) is 6.25. The lowest BCUT2D eigenvalue weighted by molar-refractivity contribution is 0.141. The molecular formula is C17H28N2O2. The van der Waals surface area contributed by atoms with Gasteiger partial charge in [0.15, 0.2) is 0 Å². The first-order valence-corrected chi connectivity index (χ1v) is 8.01. The van der Waals surface area contributed by atoms with Crippen LogP contribution in [0, 0.1) is 11.8 Å². The zero-order valence-electron chi connectivity index (χ0n) is 13.1. The molecule has 2 unspecified atom stereocenters. The fourth-order valence-corrected chi connectivity index (χ4v) is 3.09. The summed E-state index contributed by atoms with van der Waals surface area (Å²) in [6, 6.07) is 5.84. The summed E-state index contributed by atoms with van der Waals surface area (Å²) in [7, 11) is 0. The Balaban J connectivity index is 1.99. The van der Waals surface area contributed by atoms with Crippen molar-refractivity contribution in [1.82, 2.24) is 0 Å². The van der Waals surface area contributed by atoms with Crippen LogP contribution in [0.25, 0.3) is 0 Å². The zero-order valence-corrected chi connectivity index (χ0v) is 13.1. The van der Waals surface area contributed by atoms with Crippen molar-refractivity contribution >= 4 is 11.4 Å². The lowest BCUT2D eigenvalue weighted by Crippen LogP contribution is -2.28. The van der Waals surface area contributed by atoms with Crippen molar-refractivity contribution in [3.8, 4) is 5.75 Å². The van der Waals surface area contributed by atoms with Crippen molar-refractivity contribution < 1.29 is 9.84 Å². The maximum atomic E-state index is 9.48. The van der Waals surface area contributed by atoms with Crippen molar-refractivity contribution in [2.24, 2.45) is 11.8 Å². The third-order valence-electron chi connectivity index (χ3n) is 4.28. The van der Waals surface area contributed by atoms with E-state index in [-0.39, 0.29) is 6.10 Å². The van der Waals surface area contributed by atoms with Gasteiger partial charge in [-0.15, -0.1) is 0 Å². The zero-order chi connectivity index (χ0) is 15.2. The minimum absolute atomic E-state index is 0.111. The van der Waals surface area contributed by atoms with Gasteiger partial charge in [0.05, 0.1) is 17.5 Å². The van der Waals surface area contributed by atoms with E-state index in [0.29, 0.717) is 24.1 Å². The summed E-state index contributed by atoms with van der Waals surface area (Å²) in [4.78, 5) is 0. The summed E-state index contributed by atoms with van der Waals surface area (Å²) in [5.74, 6) is 1.68. The lowest BCUT2D eigenvalue weighted by Gasteiger charge is -2.30. The summed E-state index contributed by atoms with van der Waals surface area (Å²) in [5.41, 5.74) is 7.77. The van der Waals surface area contributed by atoms with Gasteiger partial charge in [-0.05, 0) is 50.7 Å². The molecular weight excluding hydrogens is 264 g/mol. The first kappa shape index (κ1) is 16.0. The molecule has 1 aliphatic carbocycles. The normalized spacial score (nSPS) is 22.3. The van der Waals surface area contributed by atoms with E-state index in [1.165, 1.54) is 19.3 Å². The van der Waals surface area contributed by atoms with E-state index < -0.39 is 0 Å². The molecule has 0 saturated heterocycles. The highest BCUT2D eigenvalue weighted by atomic mass is 16.5. The number of anilines is 2. The predicted octanol–water partition coefficient (Wildman–Crippen LogP) is 3.27. The highest BCUT2D eigenvalue weighted by molar-refractivity contribution is 5.72. The number of rotatable bonds is 6. The van der Waals surface area contributed by atoms with Gasteiger partial charge in [-0.3, -0.25) is 0 Å². The van der Waals surface area contributed by atoms with Crippen molar-refractivity contribution in [3.63, 3.8) is 0 Å². The Morgan fingerprint density at radius 3 is 2.67 bits per heavy atom. The molecule has 21 heavy (non-hydrogen) atoms. The van der Waals surface area contributed by atoms with Crippen LogP contribution in [0.3, 0.4) is 0 Å². The minimum Gasteiger partial charge on any atom is -0.489 e. The number of hydrogen-bond acceptors (Lipinski definition) is 4. The van der Waals surface area contributed by atoms with Gasteiger partial charge in [0.1, 0.15) is 5.75 Å². The number of nitrogen functional groups attached to an aromatic ring is 1. The monoisotopic (exact) mass is 292 g/mol. The average molecular weight is 292 g/mol. The van der Waals surface area contributed by atoms with Crippen LogP contribution in [0.1, 0.15) is 39.5 Å². The van der Waals surface area contributed by atoms with Crippen LogP contribution in [-0.4, -0.2) is 24.4 Å². The van der Waals surface area contributed by atoms with E-state index in [2.05, 4.69) is 5.32 Å². The molecule has 0 amide bonds. The molecule has 1 aromatic carbocycles. The largest absolute Gasteiger partial charge is 0.489 e. The number of nitrogens with two attached hydrogens (primary N) is 1. The van der Waals surface area contributed by atoms with Crippen LogP contribution in [-0.2, 0) is 0 Å². The summed E-state index contributed by atoms with van der Waals surface area (Å²) < 4.78 is 5.71. The van der Waals surface area contributed by atoms with E-state index in [1.54, 1.807) is 0 Å². The smallest absolute Gasteiger partial charge is 0.144 e. The van der Waals surface area contributed by atoms with E-state index in [4.69, 9.17) is 10.5 Å². The molecule has 1 aromatic rings. The number of ether oxygens (including phenoxy) is 1. The van der Waals surface area contributed by atoms with E-state index >= 15 is 0 Å². The number of nitrogens with one attached hydrogen (secondary N) is 1. The highest BCUT2D eigenvalue weighted by Gasteiger charge is 2.24. The number of aliphatic hydroxyl groups excluding tert-OH is 1. The molecule has 4 N–H and O–H groups in total. The first-order chi connectivity index (χ1) is 10.1. The summed E-state index contributed by atoms with van der Waals surface area (Å²) in [6.45, 7) is 5.14. The van der Waals surface area contributed by atoms with E-state index in [0.717, 1.165) is 24.4 Å². The molecule has 118 valence electrons. The fourth-order valence-electron chi connectivity index (χ4n) is 3.09. The van der Waals surface area contributed by atoms with Gasteiger partial charge in [-0.1, -0.05) is 18.9 Å². The van der Waals surface area contributed by atoms with Gasteiger partial charge >= 0.3 is 0 Å². The molecule has 0 bridgehead atoms. The quantitative estimate of drug-likeness (QED) is 0.704. The van der Waals surface area contributed by atoms with Gasteiger partial charge in [-0.2, -0.15) is 0 Å². The summed E-state index contributed by atoms with van der Waals surface area (Å²) in [5, 5.41) is 12.9. The van der Waals surface area contributed by atoms with Gasteiger partial charge in [-0.25, -0.2) is 0 Å². The Morgan fingerprint density at radius 2 is 2.00 bits per heavy atom. The third-order valence-corrected chi connectivity index (χ3v) is 4.28. The Morgan fingerprint density at radius 1 is 1.29 bits per heavy atom. The molecule has 0 aliphatic heterocycles. The van der Waals surface area contributed by atoms with Crippen LogP contribution in [0.15, 0.2) is 18.2 Å². The molecule has 0 aromatic heterocycles. The summed E-state index contributed by atoms with van der Waals surface area (Å²) in [6.07, 6.45) is 4.92. The molecule has 1 saturated carbocycles. The van der Waals surface area contributed by atoms with Gasteiger partial charge in [0.25, 0.3) is 0 Å². The number of benzene rings is 1. The standard InChI is InChI=1S/C17H28N2O2/c1-12(2)21-16-9-5-8-15(17(16)18)19-10-13-6-3-4-7-14(13)11-20/h5,8-9,12-14,19-20H,3-4,6-7,10-11,18H2,1-2H3. The van der Waals surface area contributed by atoms with Crippen LogP contribution in [0.2, 0.25) is 0 Å². The molecule has 1 fully saturated rings. The first-order valence-electron chi connectivity index (χ1n) is 8.01. The molecule has 1 aliphatic rings. The Kier molecular flexibility index (Phi) is 5.74. The molecule has 0 spiro atoms. The van der Waals surface area contributed by atoms with Crippen LogP contribution < -0.4 is 15.8 Å². The van der Waals surface area contributed by atoms with Crippen LogP contribution >= 0.6 is 0 Å². The molecule has 4 heteroatoms. The van der Waals surface area contributed by atoms with Crippen molar-refractivity contribution in [2.45, 2.75) is 45.6 Å². The van der Waals surface area contributed by atoms with Crippen LogP contribution in [0.5, 0.6) is 5.75 Å². The second-order valence-corrected chi connectivity index (χ2v) is 6.25. The maximum absolute atomic E-state index is 9.48. The van der Waals surface area contributed by atoms with Crippen LogP contribution in [0.4, 0.5) is 11.4 Å². The van der Waals surface area contributed by atoms with Crippen molar-refractivity contribution in [3.05, 3.63) is 18.2 Å². The lowest BCUT2D eigenvalue weighted by atomic mass is 9.79. The maximum Gasteiger partial charge on any atom is 0.144 e. The molecule has 0 radical (unpaired) electrons. The topological polar surface area (TPSA) is 67.5 Å². The van der Waals surface area contributed by atoms with Gasteiger partial charge in [0, 0.05) is 13.2 Å². The van der Waals surface area contributed by atoms with Crippen molar-refractivity contribution in [1.29, 1.82) is 0 Å². The fraction of sp³-hybridized carbons (Fsp3) is 0.647. The molecule has 2 rings (SSSR count). The van der Waals surface area contributed by atoms with Crippen molar-refractivity contribution in [2.75, 3.05) is 24.2 Å². The molecule has 2 atom stereocenters. The van der Waals surface area contributed by atoms with E-state index in [1.807, 2.05) is 32.0 Å². The Bertz CT molecular complexity index is 448. The number of hydrogen-bond donors (Lipinski definition) is 3. The Hall–Kier alpha value is -1.42. The van der Waals surface area contributed by atoms with E-state index in [9.17, 15) is 5.11 Å². The van der Waals surface area contributed by atoms with Gasteiger partial charge in [0.2, 0.25) is 0 Å². The third kappa shape index (κ3) is 4.27.